The second-order valence-electron chi connectivity index (χ2n) is 6.38. The van der Waals surface area contributed by atoms with Crippen LogP contribution in [0.3, 0.4) is 0 Å². The molecular weight excluding hydrogens is 300 g/mol. The number of carbonyl (C=O) groups is 1. The van der Waals surface area contributed by atoms with Crippen molar-refractivity contribution in [3.05, 3.63) is 59.0 Å². The van der Waals surface area contributed by atoms with E-state index in [2.05, 4.69) is 41.8 Å². The summed E-state index contributed by atoms with van der Waals surface area (Å²) in [5, 5.41) is 6.34. The highest BCUT2D eigenvalue weighted by Crippen LogP contribution is 2.17. The number of aryl methyl sites for hydroxylation is 2. The summed E-state index contributed by atoms with van der Waals surface area (Å²) in [6.07, 6.45) is 1.02. The zero-order valence-electron chi connectivity index (χ0n) is 15.2. The third-order valence-electron chi connectivity index (χ3n) is 4.33. The molecule has 1 aromatic heterocycles. The Labute approximate surface area is 144 Å². The zero-order chi connectivity index (χ0) is 17.7. The summed E-state index contributed by atoms with van der Waals surface area (Å²) in [5.41, 5.74) is 2.41. The van der Waals surface area contributed by atoms with Gasteiger partial charge < -0.3 is 9.73 Å². The third kappa shape index (κ3) is 4.71. The summed E-state index contributed by atoms with van der Waals surface area (Å²) >= 11 is 0. The normalized spacial score (nSPS) is 14.9. The van der Waals surface area contributed by atoms with Crippen molar-refractivity contribution in [1.29, 1.82) is 0 Å². The highest BCUT2D eigenvalue weighted by Gasteiger charge is 2.19. The predicted molar refractivity (Wildman–Crippen MR) is 96.8 cm³/mol. The van der Waals surface area contributed by atoms with Crippen molar-refractivity contribution in [2.75, 3.05) is 0 Å². The molecule has 4 heteroatoms. The maximum Gasteiger partial charge on any atom is 0.237 e. The quantitative estimate of drug-likeness (QED) is 0.805. The van der Waals surface area contributed by atoms with Crippen molar-refractivity contribution in [2.24, 2.45) is 0 Å². The Bertz CT molecular complexity index is 661. The highest BCUT2D eigenvalue weighted by molar-refractivity contribution is 5.81. The fourth-order valence-electron chi connectivity index (χ4n) is 2.68. The molecule has 1 heterocycles. The Kier molecular flexibility index (Phi) is 6.21. The molecule has 0 aliphatic carbocycles. The van der Waals surface area contributed by atoms with E-state index < -0.39 is 0 Å². The molecule has 2 aromatic rings. The molecule has 1 amide bonds. The molecule has 24 heavy (non-hydrogen) atoms. The monoisotopic (exact) mass is 328 g/mol. The summed E-state index contributed by atoms with van der Waals surface area (Å²) in [6, 6.07) is 11.9. The van der Waals surface area contributed by atoms with Gasteiger partial charge in [-0.05, 0) is 57.4 Å². The van der Waals surface area contributed by atoms with Gasteiger partial charge in [0.1, 0.15) is 11.5 Å². The van der Waals surface area contributed by atoms with Crippen LogP contribution in [0.15, 0.2) is 40.8 Å². The van der Waals surface area contributed by atoms with Crippen molar-refractivity contribution < 1.29 is 9.21 Å². The standard InChI is InChI=1S/C20H28N2O2/c1-6-17-8-10-18(11-9-17)14(3)22-20(23)16(5)21-15(4)19-12-7-13(2)24-19/h7-12,14-16,21H,6H2,1-5H3,(H,22,23). The largest absolute Gasteiger partial charge is 0.465 e. The van der Waals surface area contributed by atoms with E-state index in [-0.39, 0.29) is 24.0 Å². The van der Waals surface area contributed by atoms with Crippen LogP contribution in [0.4, 0.5) is 0 Å². The number of furan rings is 1. The zero-order valence-corrected chi connectivity index (χ0v) is 15.2. The first-order chi connectivity index (χ1) is 11.4. The molecule has 0 aliphatic rings. The molecule has 4 nitrogen and oxygen atoms in total. The Hall–Kier alpha value is -2.07. The van der Waals surface area contributed by atoms with E-state index in [1.54, 1.807) is 0 Å². The molecule has 130 valence electrons. The van der Waals surface area contributed by atoms with Gasteiger partial charge in [0.25, 0.3) is 0 Å². The molecule has 0 radical (unpaired) electrons. The van der Waals surface area contributed by atoms with Gasteiger partial charge in [-0.1, -0.05) is 31.2 Å². The molecule has 0 fully saturated rings. The summed E-state index contributed by atoms with van der Waals surface area (Å²) in [6.45, 7) is 9.92. The van der Waals surface area contributed by atoms with Gasteiger partial charge in [0, 0.05) is 0 Å². The lowest BCUT2D eigenvalue weighted by atomic mass is 10.0. The fourth-order valence-corrected chi connectivity index (χ4v) is 2.68. The highest BCUT2D eigenvalue weighted by atomic mass is 16.3. The maximum absolute atomic E-state index is 12.4. The molecule has 0 saturated carbocycles. The second kappa shape index (κ2) is 8.15. The van der Waals surface area contributed by atoms with Crippen molar-refractivity contribution in [3.8, 4) is 0 Å². The van der Waals surface area contributed by atoms with Gasteiger partial charge in [-0.2, -0.15) is 0 Å². The fraction of sp³-hybridized carbons (Fsp3) is 0.450. The molecule has 1 aromatic carbocycles. The van der Waals surface area contributed by atoms with E-state index in [1.807, 2.05) is 39.8 Å². The van der Waals surface area contributed by atoms with Gasteiger partial charge in [-0.25, -0.2) is 0 Å². The van der Waals surface area contributed by atoms with Crippen LogP contribution in [0, 0.1) is 6.92 Å². The number of rotatable bonds is 7. The third-order valence-corrected chi connectivity index (χ3v) is 4.33. The number of hydrogen-bond donors (Lipinski definition) is 2. The average Bonchev–Trinajstić information content (AvgIpc) is 3.01. The molecular formula is C20H28N2O2. The lowest BCUT2D eigenvalue weighted by Crippen LogP contribution is -2.43. The summed E-state index contributed by atoms with van der Waals surface area (Å²) in [7, 11) is 0. The topological polar surface area (TPSA) is 54.3 Å². The van der Waals surface area contributed by atoms with Crippen LogP contribution in [0.25, 0.3) is 0 Å². The van der Waals surface area contributed by atoms with Crippen LogP contribution in [-0.2, 0) is 11.2 Å². The van der Waals surface area contributed by atoms with E-state index in [1.165, 1.54) is 5.56 Å². The smallest absolute Gasteiger partial charge is 0.237 e. The number of benzene rings is 1. The molecule has 3 atom stereocenters. The van der Waals surface area contributed by atoms with Crippen molar-refractivity contribution in [3.63, 3.8) is 0 Å². The molecule has 0 aliphatic heterocycles. The summed E-state index contributed by atoms with van der Waals surface area (Å²) in [5.74, 6) is 1.70. The molecule has 2 N–H and O–H groups in total. The van der Waals surface area contributed by atoms with Gasteiger partial charge in [0.15, 0.2) is 0 Å². The van der Waals surface area contributed by atoms with Crippen LogP contribution in [-0.4, -0.2) is 11.9 Å². The number of carbonyl (C=O) groups excluding carboxylic acids is 1. The first-order valence-corrected chi connectivity index (χ1v) is 8.62. The molecule has 2 rings (SSSR count). The summed E-state index contributed by atoms with van der Waals surface area (Å²) < 4.78 is 5.60. The number of nitrogens with one attached hydrogen (secondary N) is 2. The van der Waals surface area contributed by atoms with Crippen molar-refractivity contribution in [2.45, 2.75) is 59.2 Å². The van der Waals surface area contributed by atoms with E-state index in [0.717, 1.165) is 23.5 Å². The minimum Gasteiger partial charge on any atom is -0.465 e. The second-order valence-corrected chi connectivity index (χ2v) is 6.38. The van der Waals surface area contributed by atoms with Crippen molar-refractivity contribution >= 4 is 5.91 Å². The van der Waals surface area contributed by atoms with Gasteiger partial charge in [-0.15, -0.1) is 0 Å². The Morgan fingerprint density at radius 1 is 1.04 bits per heavy atom. The number of hydrogen-bond acceptors (Lipinski definition) is 3. The Balaban J connectivity index is 1.90. The van der Waals surface area contributed by atoms with E-state index in [0.29, 0.717) is 0 Å². The lowest BCUT2D eigenvalue weighted by molar-refractivity contribution is -0.123. The van der Waals surface area contributed by atoms with Gasteiger partial charge in [-0.3, -0.25) is 10.1 Å². The van der Waals surface area contributed by atoms with Crippen LogP contribution in [0.1, 0.15) is 62.4 Å². The van der Waals surface area contributed by atoms with Crippen molar-refractivity contribution in [1.82, 2.24) is 10.6 Å². The van der Waals surface area contributed by atoms with E-state index in [4.69, 9.17) is 4.42 Å². The van der Waals surface area contributed by atoms with Crippen LogP contribution in [0.5, 0.6) is 0 Å². The molecule has 0 saturated heterocycles. The van der Waals surface area contributed by atoms with Crippen LogP contribution in [0.2, 0.25) is 0 Å². The first-order valence-electron chi connectivity index (χ1n) is 8.62. The lowest BCUT2D eigenvalue weighted by Gasteiger charge is -2.21. The maximum atomic E-state index is 12.4. The Morgan fingerprint density at radius 3 is 2.25 bits per heavy atom. The van der Waals surface area contributed by atoms with Gasteiger partial charge >= 0.3 is 0 Å². The van der Waals surface area contributed by atoms with Crippen LogP contribution >= 0.6 is 0 Å². The van der Waals surface area contributed by atoms with Gasteiger partial charge in [0.05, 0.1) is 18.1 Å². The van der Waals surface area contributed by atoms with E-state index in [9.17, 15) is 4.79 Å². The summed E-state index contributed by atoms with van der Waals surface area (Å²) in [4.78, 5) is 12.4. The minimum atomic E-state index is -0.303. The minimum absolute atomic E-state index is 0.0152. The SMILES string of the molecule is CCc1ccc(C(C)NC(=O)C(C)NC(C)c2ccc(C)o2)cc1. The predicted octanol–water partition coefficient (Wildman–Crippen LogP) is 4.07. The molecule has 0 spiro atoms. The molecule has 3 unspecified atom stereocenters. The molecule has 0 bridgehead atoms. The van der Waals surface area contributed by atoms with E-state index >= 15 is 0 Å². The Morgan fingerprint density at radius 2 is 1.71 bits per heavy atom. The van der Waals surface area contributed by atoms with Gasteiger partial charge in [0.2, 0.25) is 5.91 Å². The average molecular weight is 328 g/mol. The number of amides is 1. The van der Waals surface area contributed by atoms with Crippen LogP contribution < -0.4 is 10.6 Å². The first kappa shape index (κ1) is 18.3.